The normalized spacial score (nSPS) is 10.4. The molecule has 0 saturated heterocycles. The summed E-state index contributed by atoms with van der Waals surface area (Å²) in [6, 6.07) is 14.4. The second-order valence-electron chi connectivity index (χ2n) is 5.88. The van der Waals surface area contributed by atoms with Gasteiger partial charge in [-0.15, -0.1) is 0 Å². The van der Waals surface area contributed by atoms with Gasteiger partial charge in [0.25, 0.3) is 0 Å². The van der Waals surface area contributed by atoms with Crippen molar-refractivity contribution in [2.75, 3.05) is 6.61 Å². The zero-order valence-electron chi connectivity index (χ0n) is 14.7. The highest BCUT2D eigenvalue weighted by atomic mass is 16.5. The lowest BCUT2D eigenvalue weighted by atomic mass is 9.78. The maximum Gasteiger partial charge on any atom is 0.370 e. The zero-order valence-corrected chi connectivity index (χ0v) is 14.7. The van der Waals surface area contributed by atoms with Crippen LogP contribution in [-0.2, 0) is 14.9 Å². The first-order chi connectivity index (χ1) is 11.7. The van der Waals surface area contributed by atoms with E-state index in [0.29, 0.717) is 6.61 Å². The second-order valence-corrected chi connectivity index (χ2v) is 5.88. The Labute approximate surface area is 147 Å². The number of carboxylic acid groups (broad SMARTS) is 1. The van der Waals surface area contributed by atoms with Gasteiger partial charge in [-0.25, -0.2) is 4.79 Å². The van der Waals surface area contributed by atoms with Gasteiger partial charge >= 0.3 is 5.97 Å². The van der Waals surface area contributed by atoms with Crippen molar-refractivity contribution in [3.63, 3.8) is 0 Å². The molecule has 0 heterocycles. The maximum atomic E-state index is 9.86. The van der Waals surface area contributed by atoms with Crippen LogP contribution in [-0.4, -0.2) is 27.9 Å². The van der Waals surface area contributed by atoms with Crippen LogP contribution in [0.3, 0.4) is 0 Å². The van der Waals surface area contributed by atoms with Crippen molar-refractivity contribution in [2.45, 2.75) is 26.2 Å². The number of rotatable bonds is 5. The Balaban J connectivity index is 0.000000333. The average Bonchev–Trinajstić information content (AvgIpc) is 2.56. The van der Waals surface area contributed by atoms with E-state index in [-0.39, 0.29) is 22.7 Å². The molecule has 0 bridgehead atoms. The molecule has 0 saturated carbocycles. The van der Waals surface area contributed by atoms with Gasteiger partial charge in [0.15, 0.2) is 5.76 Å². The number of carboxylic acids is 1. The molecule has 0 spiro atoms. The number of carbonyl (C=O) groups is 1. The Bertz CT molecular complexity index is 652. The number of phenols is 2. The number of phenolic OH excluding ortho intramolecular Hbond substituents is 2. The Morgan fingerprint density at radius 1 is 0.960 bits per heavy atom. The first-order valence-corrected chi connectivity index (χ1v) is 7.82. The lowest BCUT2D eigenvalue weighted by Gasteiger charge is -2.26. The Hall–Kier alpha value is -2.95. The van der Waals surface area contributed by atoms with Crippen LogP contribution in [0.15, 0.2) is 60.9 Å². The minimum absolute atomic E-state index is 0.151. The molecule has 0 amide bonds. The van der Waals surface area contributed by atoms with Crippen molar-refractivity contribution in [3.8, 4) is 11.5 Å². The van der Waals surface area contributed by atoms with Gasteiger partial charge in [-0.2, -0.15) is 0 Å². The summed E-state index contributed by atoms with van der Waals surface area (Å²) in [7, 11) is 0. The average molecular weight is 344 g/mol. The first-order valence-electron chi connectivity index (χ1n) is 7.82. The highest BCUT2D eigenvalue weighted by Crippen LogP contribution is 2.32. The molecule has 25 heavy (non-hydrogen) atoms. The fourth-order valence-corrected chi connectivity index (χ4v) is 2.16. The predicted molar refractivity (Wildman–Crippen MR) is 96.7 cm³/mol. The summed E-state index contributed by atoms with van der Waals surface area (Å²) < 4.78 is 4.51. The van der Waals surface area contributed by atoms with Crippen LogP contribution in [0.1, 0.15) is 31.9 Å². The first kappa shape index (κ1) is 20.1. The quantitative estimate of drug-likeness (QED) is 0.563. The molecule has 0 unspecified atom stereocenters. The van der Waals surface area contributed by atoms with Gasteiger partial charge in [0.05, 0.1) is 6.61 Å². The zero-order chi connectivity index (χ0) is 19.0. The molecular formula is C20H24O5. The Morgan fingerprint density at radius 3 is 1.56 bits per heavy atom. The van der Waals surface area contributed by atoms with E-state index in [1.165, 1.54) is 0 Å². The van der Waals surface area contributed by atoms with E-state index in [0.717, 1.165) is 11.1 Å². The summed E-state index contributed by atoms with van der Waals surface area (Å²) in [5.41, 5.74) is 2.10. The fourth-order valence-electron chi connectivity index (χ4n) is 2.16. The second kappa shape index (κ2) is 8.78. The van der Waals surface area contributed by atoms with E-state index in [1.54, 1.807) is 31.2 Å². The minimum Gasteiger partial charge on any atom is -0.508 e. The minimum atomic E-state index is -1.10. The van der Waals surface area contributed by atoms with Crippen LogP contribution in [0.25, 0.3) is 0 Å². The van der Waals surface area contributed by atoms with Crippen LogP contribution in [0, 0.1) is 0 Å². The van der Waals surface area contributed by atoms with Crippen molar-refractivity contribution >= 4 is 5.97 Å². The molecule has 2 rings (SSSR count). The summed E-state index contributed by atoms with van der Waals surface area (Å²) in [5, 5.41) is 26.7. The molecule has 2 aromatic rings. The summed E-state index contributed by atoms with van der Waals surface area (Å²) in [5.74, 6) is -0.759. The number of aromatic hydroxyl groups is 2. The summed E-state index contributed by atoms with van der Waals surface area (Å²) in [6.45, 7) is 9.41. The summed E-state index contributed by atoms with van der Waals surface area (Å²) >= 11 is 0. The van der Waals surface area contributed by atoms with Crippen LogP contribution < -0.4 is 0 Å². The number of hydrogen-bond donors (Lipinski definition) is 3. The molecule has 134 valence electrons. The Morgan fingerprint density at radius 2 is 1.32 bits per heavy atom. The van der Waals surface area contributed by atoms with Gasteiger partial charge in [0, 0.05) is 5.41 Å². The van der Waals surface area contributed by atoms with E-state index in [4.69, 9.17) is 5.11 Å². The lowest BCUT2D eigenvalue weighted by Crippen LogP contribution is -2.18. The molecule has 0 radical (unpaired) electrons. The van der Waals surface area contributed by atoms with Crippen molar-refractivity contribution in [3.05, 3.63) is 72.0 Å². The summed E-state index contributed by atoms with van der Waals surface area (Å²) in [6.07, 6.45) is 0. The standard InChI is InChI=1S/C15H16O2.C5H8O3/c1-15(2,11-3-7-13(16)8-4-11)12-5-9-14(17)10-6-12;1-3-8-4(2)5(6)7/h3-10,16-17H,1-2H3;2-3H2,1H3,(H,6,7). The van der Waals surface area contributed by atoms with E-state index in [2.05, 4.69) is 25.2 Å². The highest BCUT2D eigenvalue weighted by Gasteiger charge is 2.22. The number of benzene rings is 2. The lowest BCUT2D eigenvalue weighted by molar-refractivity contribution is -0.136. The maximum absolute atomic E-state index is 9.86. The SMILES string of the molecule is C=C(OCC)C(=O)O.CC(C)(c1ccc(O)cc1)c1ccc(O)cc1. The topological polar surface area (TPSA) is 87.0 Å². The fraction of sp³-hybridized carbons (Fsp3) is 0.250. The van der Waals surface area contributed by atoms with Gasteiger partial charge in [0.1, 0.15) is 11.5 Å². The van der Waals surface area contributed by atoms with Gasteiger partial charge in [0.2, 0.25) is 0 Å². The molecule has 0 aliphatic rings. The van der Waals surface area contributed by atoms with E-state index in [9.17, 15) is 15.0 Å². The molecule has 5 heteroatoms. The van der Waals surface area contributed by atoms with Gasteiger partial charge < -0.3 is 20.1 Å². The predicted octanol–water partition coefficient (Wildman–Crippen LogP) is 4.04. The molecule has 0 aromatic heterocycles. The molecular weight excluding hydrogens is 320 g/mol. The van der Waals surface area contributed by atoms with Gasteiger partial charge in [-0.05, 0) is 48.9 Å². The highest BCUT2D eigenvalue weighted by molar-refractivity contribution is 5.83. The summed E-state index contributed by atoms with van der Waals surface area (Å²) in [4.78, 5) is 9.86. The molecule has 0 aliphatic carbocycles. The van der Waals surface area contributed by atoms with Crippen LogP contribution in [0.2, 0.25) is 0 Å². The number of aliphatic carboxylic acids is 1. The molecule has 5 nitrogen and oxygen atoms in total. The Kier molecular flexibility index (Phi) is 7.06. The largest absolute Gasteiger partial charge is 0.508 e. The van der Waals surface area contributed by atoms with Crippen LogP contribution in [0.5, 0.6) is 11.5 Å². The third kappa shape index (κ3) is 5.88. The molecule has 0 atom stereocenters. The third-order valence-electron chi connectivity index (χ3n) is 3.74. The van der Waals surface area contributed by atoms with Gasteiger partial charge in [-0.1, -0.05) is 38.1 Å². The van der Waals surface area contributed by atoms with Crippen molar-refractivity contribution in [1.29, 1.82) is 0 Å². The molecule has 2 aromatic carbocycles. The van der Waals surface area contributed by atoms with Crippen LogP contribution >= 0.6 is 0 Å². The monoisotopic (exact) mass is 344 g/mol. The molecule has 0 fully saturated rings. The smallest absolute Gasteiger partial charge is 0.370 e. The van der Waals surface area contributed by atoms with Crippen molar-refractivity contribution < 1.29 is 24.9 Å². The third-order valence-corrected chi connectivity index (χ3v) is 3.74. The van der Waals surface area contributed by atoms with Crippen molar-refractivity contribution in [1.82, 2.24) is 0 Å². The van der Waals surface area contributed by atoms with Gasteiger partial charge in [-0.3, -0.25) is 0 Å². The molecule has 3 N–H and O–H groups in total. The number of hydrogen-bond acceptors (Lipinski definition) is 4. The van der Waals surface area contributed by atoms with E-state index in [1.807, 2.05) is 24.3 Å². The van der Waals surface area contributed by atoms with Crippen LogP contribution in [0.4, 0.5) is 0 Å². The van der Waals surface area contributed by atoms with E-state index < -0.39 is 5.97 Å². The van der Waals surface area contributed by atoms with Crippen molar-refractivity contribution in [2.24, 2.45) is 0 Å². The van der Waals surface area contributed by atoms with E-state index >= 15 is 0 Å². The molecule has 0 aliphatic heterocycles. The number of ether oxygens (including phenoxy) is 1.